The van der Waals surface area contributed by atoms with Crippen molar-refractivity contribution in [3.63, 3.8) is 0 Å². The zero-order chi connectivity index (χ0) is 16.2. The van der Waals surface area contributed by atoms with Crippen LogP contribution in [0.1, 0.15) is 17.7 Å². The molecule has 2 aromatic rings. The summed E-state index contributed by atoms with van der Waals surface area (Å²) in [5.74, 6) is 0.767. The molecule has 1 aliphatic rings. The Labute approximate surface area is 138 Å². The minimum absolute atomic E-state index is 0.414. The molecule has 6 nitrogen and oxygen atoms in total. The summed E-state index contributed by atoms with van der Waals surface area (Å²) in [5, 5.41) is 18.7. The Kier molecular flexibility index (Phi) is 4.44. The monoisotopic (exact) mass is 327 g/mol. The fraction of sp³-hybridized carbons (Fsp3) is 0.312. The van der Waals surface area contributed by atoms with Crippen molar-refractivity contribution in [2.75, 3.05) is 30.8 Å². The molecule has 7 heteroatoms. The maximum absolute atomic E-state index is 9.22. The second-order valence-corrected chi connectivity index (χ2v) is 6.20. The van der Waals surface area contributed by atoms with Crippen molar-refractivity contribution in [1.29, 1.82) is 5.26 Å². The molecule has 2 N–H and O–H groups in total. The lowest BCUT2D eigenvalue weighted by Gasteiger charge is -2.15. The Bertz CT molecular complexity index is 754. The fourth-order valence-electron chi connectivity index (χ4n) is 2.49. The van der Waals surface area contributed by atoms with Gasteiger partial charge in [-0.25, -0.2) is 0 Å². The number of hydrogen-bond donors (Lipinski definition) is 1. The zero-order valence-electron chi connectivity index (χ0n) is 12.8. The van der Waals surface area contributed by atoms with Crippen LogP contribution in [0.4, 0.5) is 22.1 Å². The SMILES string of the molecule is COc1ccc(N=Nc2c(N3CCCC3)sc(C#N)c2N)cc1. The third-order valence-corrected chi connectivity index (χ3v) is 4.89. The van der Waals surface area contributed by atoms with Crippen LogP contribution < -0.4 is 15.4 Å². The lowest BCUT2D eigenvalue weighted by Crippen LogP contribution is -2.16. The van der Waals surface area contributed by atoms with Gasteiger partial charge in [-0.15, -0.1) is 16.5 Å². The van der Waals surface area contributed by atoms with Gasteiger partial charge in [-0.2, -0.15) is 10.4 Å². The lowest BCUT2D eigenvalue weighted by molar-refractivity contribution is 0.415. The first-order valence-electron chi connectivity index (χ1n) is 7.36. The highest BCUT2D eigenvalue weighted by molar-refractivity contribution is 7.18. The Morgan fingerprint density at radius 2 is 1.91 bits per heavy atom. The van der Waals surface area contributed by atoms with Crippen molar-refractivity contribution < 1.29 is 4.74 Å². The van der Waals surface area contributed by atoms with Crippen molar-refractivity contribution in [2.45, 2.75) is 12.8 Å². The maximum Gasteiger partial charge on any atom is 0.144 e. The second kappa shape index (κ2) is 6.67. The largest absolute Gasteiger partial charge is 0.497 e. The number of anilines is 2. The highest BCUT2D eigenvalue weighted by atomic mass is 32.1. The minimum atomic E-state index is 0.414. The van der Waals surface area contributed by atoms with Crippen LogP contribution in [0.3, 0.4) is 0 Å². The van der Waals surface area contributed by atoms with E-state index in [0.29, 0.717) is 21.9 Å². The number of nitrogens with two attached hydrogens (primary N) is 1. The molecule has 1 aromatic heterocycles. The van der Waals surface area contributed by atoms with Crippen molar-refractivity contribution in [3.05, 3.63) is 29.1 Å². The molecule has 1 aliphatic heterocycles. The number of rotatable bonds is 4. The number of azo groups is 1. The van der Waals surface area contributed by atoms with Crippen LogP contribution >= 0.6 is 11.3 Å². The summed E-state index contributed by atoms with van der Waals surface area (Å²) in [5.41, 5.74) is 7.80. The topological polar surface area (TPSA) is 87.0 Å². The van der Waals surface area contributed by atoms with E-state index in [2.05, 4.69) is 21.2 Å². The molecule has 3 rings (SSSR count). The summed E-state index contributed by atoms with van der Waals surface area (Å²) in [6, 6.07) is 9.45. The Morgan fingerprint density at radius 1 is 1.22 bits per heavy atom. The molecule has 0 unspecified atom stereocenters. The van der Waals surface area contributed by atoms with Gasteiger partial charge in [0, 0.05) is 13.1 Å². The maximum atomic E-state index is 9.22. The number of nitrogens with zero attached hydrogens (tertiary/aromatic N) is 4. The molecule has 0 aliphatic carbocycles. The predicted octanol–water partition coefficient (Wildman–Crippen LogP) is 4.23. The van der Waals surface area contributed by atoms with Gasteiger partial charge in [-0.1, -0.05) is 0 Å². The molecule has 1 aromatic carbocycles. The number of nitrogen functional groups attached to an aromatic ring is 1. The van der Waals surface area contributed by atoms with E-state index in [9.17, 15) is 5.26 Å². The molecule has 1 saturated heterocycles. The Hall–Kier alpha value is -2.59. The number of nitriles is 1. The third kappa shape index (κ3) is 3.12. The van der Waals surface area contributed by atoms with Gasteiger partial charge >= 0.3 is 0 Å². The molecule has 23 heavy (non-hydrogen) atoms. The molecule has 0 spiro atoms. The number of thiophene rings is 1. The highest BCUT2D eigenvalue weighted by Crippen LogP contribution is 2.46. The van der Waals surface area contributed by atoms with Gasteiger partial charge in [0.25, 0.3) is 0 Å². The van der Waals surface area contributed by atoms with Crippen LogP contribution in [0.25, 0.3) is 0 Å². The van der Waals surface area contributed by atoms with Crippen LogP contribution in [-0.2, 0) is 0 Å². The van der Waals surface area contributed by atoms with Crippen LogP contribution in [0.15, 0.2) is 34.5 Å². The first kappa shape index (κ1) is 15.3. The lowest BCUT2D eigenvalue weighted by atomic mass is 10.3. The van der Waals surface area contributed by atoms with Crippen LogP contribution in [0, 0.1) is 11.3 Å². The van der Waals surface area contributed by atoms with E-state index in [4.69, 9.17) is 10.5 Å². The first-order valence-corrected chi connectivity index (χ1v) is 8.17. The normalized spacial score (nSPS) is 14.3. The van der Waals surface area contributed by atoms with Crippen molar-refractivity contribution in [3.8, 4) is 11.8 Å². The van der Waals surface area contributed by atoms with Crippen molar-refractivity contribution >= 4 is 33.4 Å². The van der Waals surface area contributed by atoms with E-state index in [1.54, 1.807) is 7.11 Å². The smallest absolute Gasteiger partial charge is 0.144 e. The number of hydrogen-bond acceptors (Lipinski definition) is 7. The van der Waals surface area contributed by atoms with Crippen molar-refractivity contribution in [1.82, 2.24) is 0 Å². The van der Waals surface area contributed by atoms with E-state index < -0.39 is 0 Å². The quantitative estimate of drug-likeness (QED) is 0.851. The Morgan fingerprint density at radius 3 is 2.52 bits per heavy atom. The van der Waals surface area contributed by atoms with E-state index in [1.807, 2.05) is 24.3 Å². The van der Waals surface area contributed by atoms with E-state index in [0.717, 1.165) is 36.7 Å². The Balaban J connectivity index is 1.92. The summed E-state index contributed by atoms with van der Waals surface area (Å²) in [6.07, 6.45) is 2.30. The van der Waals surface area contributed by atoms with Gasteiger partial charge in [0.05, 0.1) is 18.5 Å². The van der Waals surface area contributed by atoms with Crippen molar-refractivity contribution in [2.24, 2.45) is 10.2 Å². The average Bonchev–Trinajstić information content (AvgIpc) is 3.21. The summed E-state index contributed by atoms with van der Waals surface area (Å²) in [4.78, 5) is 2.72. The first-order chi connectivity index (χ1) is 11.2. The van der Waals surface area contributed by atoms with E-state index in [-0.39, 0.29) is 0 Å². The number of benzene rings is 1. The van der Waals surface area contributed by atoms with Gasteiger partial charge < -0.3 is 15.4 Å². The summed E-state index contributed by atoms with van der Waals surface area (Å²) >= 11 is 1.39. The highest BCUT2D eigenvalue weighted by Gasteiger charge is 2.23. The van der Waals surface area contributed by atoms with Crippen LogP contribution in [-0.4, -0.2) is 20.2 Å². The summed E-state index contributed by atoms with van der Waals surface area (Å²) in [7, 11) is 1.62. The second-order valence-electron chi connectivity index (χ2n) is 5.20. The zero-order valence-corrected chi connectivity index (χ0v) is 13.6. The predicted molar refractivity (Wildman–Crippen MR) is 92.1 cm³/mol. The van der Waals surface area contributed by atoms with E-state index >= 15 is 0 Å². The molecule has 0 amide bonds. The van der Waals surface area contributed by atoms with Gasteiger partial charge in [0.1, 0.15) is 27.4 Å². The number of methoxy groups -OCH3 is 1. The molecule has 1 fully saturated rings. The molecule has 2 heterocycles. The molecular formula is C16H17N5OS. The third-order valence-electron chi connectivity index (χ3n) is 3.73. The van der Waals surface area contributed by atoms with Gasteiger partial charge in [0.15, 0.2) is 0 Å². The molecule has 0 bridgehead atoms. The van der Waals surface area contributed by atoms with E-state index in [1.165, 1.54) is 11.3 Å². The minimum Gasteiger partial charge on any atom is -0.497 e. The van der Waals surface area contributed by atoms with Crippen LogP contribution in [0.5, 0.6) is 5.75 Å². The van der Waals surface area contributed by atoms with Gasteiger partial charge in [-0.05, 0) is 37.1 Å². The molecule has 0 radical (unpaired) electrons. The molecule has 0 saturated carbocycles. The van der Waals surface area contributed by atoms with Gasteiger partial charge in [-0.3, -0.25) is 0 Å². The summed E-state index contributed by atoms with van der Waals surface area (Å²) < 4.78 is 5.12. The standard InChI is InChI=1S/C16H17N5OS/c1-22-12-6-4-11(5-7-12)19-20-15-14(18)13(10-17)23-16(15)21-8-2-3-9-21/h4-7H,2-3,8-9,18H2,1H3. The summed E-state index contributed by atoms with van der Waals surface area (Å²) in [6.45, 7) is 1.94. The molecule has 118 valence electrons. The van der Waals surface area contributed by atoms with Crippen LogP contribution in [0.2, 0.25) is 0 Å². The fourth-order valence-corrected chi connectivity index (χ4v) is 3.50. The molecule has 0 atom stereocenters. The molecular weight excluding hydrogens is 310 g/mol. The average molecular weight is 327 g/mol. The van der Waals surface area contributed by atoms with Gasteiger partial charge in [0.2, 0.25) is 0 Å². The number of ether oxygens (including phenoxy) is 1.